The van der Waals surface area contributed by atoms with Gasteiger partial charge in [0.25, 0.3) is 0 Å². The van der Waals surface area contributed by atoms with Crippen molar-refractivity contribution in [2.45, 2.75) is 46.5 Å². The Morgan fingerprint density at radius 1 is 1.37 bits per heavy atom. The molecule has 19 heavy (non-hydrogen) atoms. The van der Waals surface area contributed by atoms with Gasteiger partial charge in [0.2, 0.25) is 0 Å². The molecule has 1 rings (SSSR count). The summed E-state index contributed by atoms with van der Waals surface area (Å²) in [5.41, 5.74) is 1.78. The number of carbonyl (C=O) groups is 1. The van der Waals surface area contributed by atoms with Gasteiger partial charge in [0.1, 0.15) is 5.75 Å². The Morgan fingerprint density at radius 3 is 2.58 bits per heavy atom. The van der Waals surface area contributed by atoms with Crippen molar-refractivity contribution in [2.24, 2.45) is 5.92 Å². The molecule has 0 saturated heterocycles. The van der Waals surface area contributed by atoms with Crippen LogP contribution in [0.25, 0.3) is 0 Å². The molecule has 3 heteroatoms. The normalized spacial score (nSPS) is 12.3. The number of carbonyl (C=O) groups excluding carboxylic acids is 1. The van der Waals surface area contributed by atoms with Crippen LogP contribution >= 0.6 is 15.9 Å². The van der Waals surface area contributed by atoms with Crippen LogP contribution in [-0.2, 0) is 0 Å². The van der Waals surface area contributed by atoms with E-state index in [4.69, 9.17) is 4.74 Å². The SMILES string of the molecule is CCCCC(CC)C(=O)c1cc(Br)c(C)cc1OC. The monoisotopic (exact) mass is 326 g/mol. The first kappa shape index (κ1) is 16.2. The first-order chi connectivity index (χ1) is 9.04. The number of methoxy groups -OCH3 is 1. The van der Waals surface area contributed by atoms with Crippen LogP contribution < -0.4 is 4.74 Å². The number of Topliss-reactive ketones (excluding diaryl/α,β-unsaturated/α-hetero) is 1. The Balaban J connectivity index is 3.06. The largest absolute Gasteiger partial charge is 0.496 e. The predicted octanol–water partition coefficient (Wildman–Crippen LogP) is 5.17. The number of hydrogen-bond donors (Lipinski definition) is 0. The van der Waals surface area contributed by atoms with E-state index in [-0.39, 0.29) is 11.7 Å². The van der Waals surface area contributed by atoms with Crippen LogP contribution in [-0.4, -0.2) is 12.9 Å². The number of benzene rings is 1. The maximum absolute atomic E-state index is 12.6. The van der Waals surface area contributed by atoms with Crippen LogP contribution in [0.3, 0.4) is 0 Å². The minimum Gasteiger partial charge on any atom is -0.496 e. The number of hydrogen-bond acceptors (Lipinski definition) is 2. The molecule has 106 valence electrons. The third-order valence-electron chi connectivity index (χ3n) is 3.52. The molecule has 0 aliphatic rings. The van der Waals surface area contributed by atoms with Crippen molar-refractivity contribution in [3.8, 4) is 5.75 Å². The summed E-state index contributed by atoms with van der Waals surface area (Å²) >= 11 is 3.49. The third kappa shape index (κ3) is 4.07. The highest BCUT2D eigenvalue weighted by Gasteiger charge is 2.22. The molecule has 1 aromatic carbocycles. The lowest BCUT2D eigenvalue weighted by Crippen LogP contribution is -2.15. The predicted molar refractivity (Wildman–Crippen MR) is 83.1 cm³/mol. The highest BCUT2D eigenvalue weighted by molar-refractivity contribution is 9.10. The van der Waals surface area contributed by atoms with Crippen molar-refractivity contribution in [1.82, 2.24) is 0 Å². The average Bonchev–Trinajstić information content (AvgIpc) is 2.41. The Hall–Kier alpha value is -0.830. The summed E-state index contributed by atoms with van der Waals surface area (Å²) in [6.07, 6.45) is 4.06. The van der Waals surface area contributed by atoms with Gasteiger partial charge in [-0.3, -0.25) is 4.79 Å². The summed E-state index contributed by atoms with van der Waals surface area (Å²) in [5, 5.41) is 0. The smallest absolute Gasteiger partial charge is 0.169 e. The lowest BCUT2D eigenvalue weighted by atomic mass is 9.90. The number of unbranched alkanes of at least 4 members (excludes halogenated alkanes) is 1. The minimum absolute atomic E-state index is 0.100. The zero-order valence-corrected chi connectivity index (χ0v) is 13.8. The molecule has 0 saturated carbocycles. The number of rotatable bonds is 7. The lowest BCUT2D eigenvalue weighted by molar-refractivity contribution is 0.0905. The lowest BCUT2D eigenvalue weighted by Gasteiger charge is -2.16. The van der Waals surface area contributed by atoms with E-state index in [0.717, 1.165) is 35.7 Å². The molecule has 0 aromatic heterocycles. The fourth-order valence-corrected chi connectivity index (χ4v) is 2.55. The van der Waals surface area contributed by atoms with Crippen molar-refractivity contribution < 1.29 is 9.53 Å². The standard InChI is InChI=1S/C16H23BrO2/c1-5-7-8-12(6-2)16(18)13-10-14(17)11(3)9-15(13)19-4/h9-10,12H,5-8H2,1-4H3. The fraction of sp³-hybridized carbons (Fsp3) is 0.562. The van der Waals surface area contributed by atoms with Gasteiger partial charge in [0, 0.05) is 10.4 Å². The summed E-state index contributed by atoms with van der Waals surface area (Å²) < 4.78 is 6.32. The molecule has 0 amide bonds. The van der Waals surface area contributed by atoms with Crippen LogP contribution in [0.5, 0.6) is 5.75 Å². The van der Waals surface area contributed by atoms with Gasteiger partial charge in [0.05, 0.1) is 12.7 Å². The summed E-state index contributed by atoms with van der Waals surface area (Å²) in [7, 11) is 1.62. The topological polar surface area (TPSA) is 26.3 Å². The average molecular weight is 327 g/mol. The second-order valence-electron chi connectivity index (χ2n) is 4.91. The van der Waals surface area contributed by atoms with E-state index < -0.39 is 0 Å². The van der Waals surface area contributed by atoms with E-state index >= 15 is 0 Å². The van der Waals surface area contributed by atoms with Crippen molar-refractivity contribution in [2.75, 3.05) is 7.11 Å². The molecule has 0 heterocycles. The van der Waals surface area contributed by atoms with Gasteiger partial charge < -0.3 is 4.74 Å². The van der Waals surface area contributed by atoms with Gasteiger partial charge in [-0.2, -0.15) is 0 Å². The third-order valence-corrected chi connectivity index (χ3v) is 4.37. The Labute approximate surface area is 124 Å². The fourth-order valence-electron chi connectivity index (χ4n) is 2.21. The molecule has 0 radical (unpaired) electrons. The molecule has 2 nitrogen and oxygen atoms in total. The van der Waals surface area contributed by atoms with Gasteiger partial charge in [-0.1, -0.05) is 42.6 Å². The summed E-state index contributed by atoms with van der Waals surface area (Å²) in [6, 6.07) is 3.81. The summed E-state index contributed by atoms with van der Waals surface area (Å²) in [5.74, 6) is 0.984. The molecular weight excluding hydrogens is 304 g/mol. The van der Waals surface area contributed by atoms with Gasteiger partial charge in [-0.25, -0.2) is 0 Å². The first-order valence-electron chi connectivity index (χ1n) is 6.93. The summed E-state index contributed by atoms with van der Waals surface area (Å²) in [6.45, 7) is 6.23. The Morgan fingerprint density at radius 2 is 2.05 bits per heavy atom. The van der Waals surface area contributed by atoms with Gasteiger partial charge in [-0.15, -0.1) is 0 Å². The molecule has 1 unspecified atom stereocenters. The van der Waals surface area contributed by atoms with Crippen molar-refractivity contribution in [1.29, 1.82) is 0 Å². The molecule has 1 atom stereocenters. The second kappa shape index (κ2) is 7.68. The zero-order chi connectivity index (χ0) is 14.4. The van der Waals surface area contributed by atoms with Crippen LogP contribution in [0.15, 0.2) is 16.6 Å². The van der Waals surface area contributed by atoms with Gasteiger partial charge in [-0.05, 0) is 37.5 Å². The highest BCUT2D eigenvalue weighted by Crippen LogP contribution is 2.30. The molecular formula is C16H23BrO2. The maximum Gasteiger partial charge on any atom is 0.169 e. The van der Waals surface area contributed by atoms with Crippen LogP contribution in [0.2, 0.25) is 0 Å². The highest BCUT2D eigenvalue weighted by atomic mass is 79.9. The van der Waals surface area contributed by atoms with Crippen LogP contribution in [0.1, 0.15) is 55.5 Å². The van der Waals surface area contributed by atoms with Crippen molar-refractivity contribution in [3.05, 3.63) is 27.7 Å². The minimum atomic E-state index is 0.100. The number of ketones is 1. The molecule has 0 spiro atoms. The van der Waals surface area contributed by atoms with E-state index in [1.807, 2.05) is 19.1 Å². The number of aryl methyl sites for hydroxylation is 1. The van der Waals surface area contributed by atoms with E-state index in [9.17, 15) is 4.79 Å². The first-order valence-corrected chi connectivity index (χ1v) is 7.72. The quantitative estimate of drug-likeness (QED) is 0.646. The van der Waals surface area contributed by atoms with Crippen LogP contribution in [0, 0.1) is 12.8 Å². The molecule has 0 fully saturated rings. The second-order valence-corrected chi connectivity index (χ2v) is 5.77. The van der Waals surface area contributed by atoms with E-state index in [1.165, 1.54) is 0 Å². The van der Waals surface area contributed by atoms with Crippen LogP contribution in [0.4, 0.5) is 0 Å². The Bertz CT molecular complexity index is 441. The Kier molecular flexibility index (Phi) is 6.56. The molecule has 0 aliphatic carbocycles. The van der Waals surface area contributed by atoms with Crippen molar-refractivity contribution in [3.63, 3.8) is 0 Å². The maximum atomic E-state index is 12.6. The molecule has 0 aliphatic heterocycles. The molecule has 0 bridgehead atoms. The summed E-state index contributed by atoms with van der Waals surface area (Å²) in [4.78, 5) is 12.6. The van der Waals surface area contributed by atoms with E-state index in [2.05, 4.69) is 29.8 Å². The zero-order valence-electron chi connectivity index (χ0n) is 12.3. The number of halogens is 1. The van der Waals surface area contributed by atoms with Crippen molar-refractivity contribution >= 4 is 21.7 Å². The molecule has 0 N–H and O–H groups in total. The van der Waals surface area contributed by atoms with E-state index in [0.29, 0.717) is 11.3 Å². The van der Waals surface area contributed by atoms with E-state index in [1.54, 1.807) is 7.11 Å². The molecule has 1 aromatic rings. The van der Waals surface area contributed by atoms with Gasteiger partial charge in [0.15, 0.2) is 5.78 Å². The van der Waals surface area contributed by atoms with Gasteiger partial charge >= 0.3 is 0 Å². The number of ether oxygens (including phenoxy) is 1.